The van der Waals surface area contributed by atoms with Gasteiger partial charge in [0.05, 0.1) is 15.1 Å². The van der Waals surface area contributed by atoms with E-state index in [9.17, 15) is 8.78 Å². The summed E-state index contributed by atoms with van der Waals surface area (Å²) >= 11 is 6.95. The van der Waals surface area contributed by atoms with Crippen LogP contribution in [0.4, 0.5) is 8.78 Å². The van der Waals surface area contributed by atoms with Crippen molar-refractivity contribution >= 4 is 33.0 Å². The highest BCUT2D eigenvalue weighted by Gasteiger charge is 2.15. The number of hydrogen-bond acceptors (Lipinski definition) is 2. The standard InChI is InChI=1S/C9H6ClF2NS/c10-8-6(3-13)14-9-5(12)2-1-4(11)7(8)9/h1-2H,3,13H2. The Kier molecular flexibility index (Phi) is 2.43. The molecule has 0 aliphatic heterocycles. The van der Waals surface area contributed by atoms with Crippen LogP contribution in [-0.2, 0) is 6.54 Å². The Balaban J connectivity index is 2.90. The third-order valence-corrected chi connectivity index (χ3v) is 3.68. The predicted molar refractivity (Wildman–Crippen MR) is 54.6 cm³/mol. The molecule has 0 atom stereocenters. The van der Waals surface area contributed by atoms with Crippen LogP contribution in [0, 0.1) is 11.6 Å². The van der Waals surface area contributed by atoms with Crippen molar-refractivity contribution in [3.8, 4) is 0 Å². The van der Waals surface area contributed by atoms with Crippen molar-refractivity contribution in [3.05, 3.63) is 33.7 Å². The van der Waals surface area contributed by atoms with Gasteiger partial charge < -0.3 is 5.73 Å². The average molecular weight is 234 g/mol. The number of nitrogens with two attached hydrogens (primary N) is 1. The third kappa shape index (κ3) is 1.30. The van der Waals surface area contributed by atoms with E-state index in [1.165, 1.54) is 0 Å². The van der Waals surface area contributed by atoms with Gasteiger partial charge in [-0.25, -0.2) is 8.78 Å². The molecule has 0 amide bonds. The summed E-state index contributed by atoms with van der Waals surface area (Å²) in [5.41, 5.74) is 5.40. The van der Waals surface area contributed by atoms with E-state index in [2.05, 4.69) is 0 Å². The van der Waals surface area contributed by atoms with Gasteiger partial charge in [0, 0.05) is 11.4 Å². The van der Waals surface area contributed by atoms with Gasteiger partial charge in [-0.05, 0) is 12.1 Å². The van der Waals surface area contributed by atoms with Crippen LogP contribution in [0.15, 0.2) is 12.1 Å². The second-order valence-electron chi connectivity index (χ2n) is 2.78. The number of thiophene rings is 1. The lowest BCUT2D eigenvalue weighted by molar-refractivity contribution is 0.619. The van der Waals surface area contributed by atoms with Gasteiger partial charge in [0.25, 0.3) is 0 Å². The Bertz CT molecular complexity index is 495. The number of hydrogen-bond donors (Lipinski definition) is 1. The molecule has 0 saturated heterocycles. The zero-order valence-electron chi connectivity index (χ0n) is 6.98. The topological polar surface area (TPSA) is 26.0 Å². The van der Waals surface area contributed by atoms with E-state index < -0.39 is 11.6 Å². The van der Waals surface area contributed by atoms with Gasteiger partial charge in [-0.1, -0.05) is 11.6 Å². The van der Waals surface area contributed by atoms with Crippen molar-refractivity contribution in [3.63, 3.8) is 0 Å². The third-order valence-electron chi connectivity index (χ3n) is 1.93. The number of halogens is 3. The van der Waals surface area contributed by atoms with Gasteiger partial charge in [0.1, 0.15) is 11.6 Å². The maximum absolute atomic E-state index is 13.3. The minimum Gasteiger partial charge on any atom is -0.326 e. The van der Waals surface area contributed by atoms with Crippen LogP contribution in [-0.4, -0.2) is 0 Å². The maximum atomic E-state index is 13.3. The van der Waals surface area contributed by atoms with Crippen molar-refractivity contribution in [1.82, 2.24) is 0 Å². The fraction of sp³-hybridized carbons (Fsp3) is 0.111. The van der Waals surface area contributed by atoms with Crippen LogP contribution in [0.1, 0.15) is 4.88 Å². The molecule has 2 N–H and O–H groups in total. The van der Waals surface area contributed by atoms with Crippen LogP contribution in [0.3, 0.4) is 0 Å². The molecule has 1 aromatic carbocycles. The Labute approximate surface area is 88.1 Å². The highest BCUT2D eigenvalue weighted by Crippen LogP contribution is 2.37. The second kappa shape index (κ2) is 3.46. The van der Waals surface area contributed by atoms with E-state index in [0.29, 0.717) is 4.88 Å². The summed E-state index contributed by atoms with van der Waals surface area (Å²) in [5.74, 6) is -0.977. The Hall–Kier alpha value is -0.710. The fourth-order valence-corrected chi connectivity index (χ4v) is 2.70. The van der Waals surface area contributed by atoms with Gasteiger partial charge in [-0.2, -0.15) is 0 Å². The van der Waals surface area contributed by atoms with Gasteiger partial charge >= 0.3 is 0 Å². The maximum Gasteiger partial charge on any atom is 0.141 e. The zero-order valence-corrected chi connectivity index (χ0v) is 8.55. The van der Waals surface area contributed by atoms with Gasteiger partial charge in [-0.3, -0.25) is 0 Å². The van der Waals surface area contributed by atoms with Crippen molar-refractivity contribution in [2.24, 2.45) is 5.73 Å². The van der Waals surface area contributed by atoms with Crippen LogP contribution in [0.2, 0.25) is 5.02 Å². The Morgan fingerprint density at radius 2 is 1.93 bits per heavy atom. The van der Waals surface area contributed by atoms with E-state index in [-0.39, 0.29) is 21.7 Å². The first-order chi connectivity index (χ1) is 6.65. The lowest BCUT2D eigenvalue weighted by atomic mass is 10.2. The minimum absolute atomic E-state index is 0.136. The first-order valence-corrected chi connectivity index (χ1v) is 5.09. The zero-order chi connectivity index (χ0) is 10.3. The fourth-order valence-electron chi connectivity index (χ4n) is 1.28. The SMILES string of the molecule is NCc1sc2c(F)ccc(F)c2c1Cl. The highest BCUT2D eigenvalue weighted by atomic mass is 35.5. The van der Waals surface area contributed by atoms with Crippen molar-refractivity contribution in [2.45, 2.75) is 6.54 Å². The Morgan fingerprint density at radius 3 is 2.50 bits per heavy atom. The smallest absolute Gasteiger partial charge is 0.141 e. The molecule has 74 valence electrons. The molecule has 0 fully saturated rings. The quantitative estimate of drug-likeness (QED) is 0.804. The second-order valence-corrected chi connectivity index (χ2v) is 4.26. The molecule has 0 radical (unpaired) electrons. The lowest BCUT2D eigenvalue weighted by Crippen LogP contribution is -1.92. The molecular formula is C9H6ClF2NS. The van der Waals surface area contributed by atoms with Gasteiger partial charge in [-0.15, -0.1) is 11.3 Å². The van der Waals surface area contributed by atoms with E-state index in [4.69, 9.17) is 17.3 Å². The highest BCUT2D eigenvalue weighted by molar-refractivity contribution is 7.19. The van der Waals surface area contributed by atoms with Gasteiger partial charge in [0.15, 0.2) is 0 Å². The molecule has 0 saturated carbocycles. The molecule has 2 rings (SSSR count). The molecule has 2 aromatic rings. The summed E-state index contributed by atoms with van der Waals surface area (Å²) in [5, 5.41) is 0.363. The Morgan fingerprint density at radius 1 is 1.29 bits per heavy atom. The van der Waals surface area contributed by atoms with Crippen molar-refractivity contribution < 1.29 is 8.78 Å². The number of fused-ring (bicyclic) bond motifs is 1. The first-order valence-electron chi connectivity index (χ1n) is 3.90. The van der Waals surface area contributed by atoms with Crippen LogP contribution in [0.25, 0.3) is 10.1 Å². The normalized spacial score (nSPS) is 11.1. The molecule has 14 heavy (non-hydrogen) atoms. The largest absolute Gasteiger partial charge is 0.326 e. The van der Waals surface area contributed by atoms with Crippen molar-refractivity contribution in [2.75, 3.05) is 0 Å². The summed E-state index contributed by atoms with van der Waals surface area (Å²) in [6.45, 7) is 0.192. The molecule has 0 spiro atoms. The first kappa shape index (κ1) is 9.83. The summed E-state index contributed by atoms with van der Waals surface area (Å²) in [4.78, 5) is 0.602. The molecular weight excluding hydrogens is 228 g/mol. The molecule has 1 aromatic heterocycles. The summed E-state index contributed by atoms with van der Waals surface area (Å²) in [6, 6.07) is 2.15. The lowest BCUT2D eigenvalue weighted by Gasteiger charge is -1.94. The summed E-state index contributed by atoms with van der Waals surface area (Å²) in [6.07, 6.45) is 0. The molecule has 0 unspecified atom stereocenters. The molecule has 0 bridgehead atoms. The van der Waals surface area contributed by atoms with E-state index in [1.807, 2.05) is 0 Å². The van der Waals surface area contributed by atoms with Crippen LogP contribution in [0.5, 0.6) is 0 Å². The summed E-state index contributed by atoms with van der Waals surface area (Å²) in [7, 11) is 0. The minimum atomic E-state index is -0.512. The predicted octanol–water partition coefficient (Wildman–Crippen LogP) is 3.29. The number of benzene rings is 1. The van der Waals surface area contributed by atoms with Crippen molar-refractivity contribution in [1.29, 1.82) is 0 Å². The van der Waals surface area contributed by atoms with Gasteiger partial charge in [0.2, 0.25) is 0 Å². The summed E-state index contributed by atoms with van der Waals surface area (Å²) < 4.78 is 26.8. The van der Waals surface area contributed by atoms with E-state index in [0.717, 1.165) is 23.5 Å². The molecule has 0 aliphatic rings. The molecule has 1 nitrogen and oxygen atoms in total. The van der Waals surface area contributed by atoms with Crippen LogP contribution >= 0.6 is 22.9 Å². The van der Waals surface area contributed by atoms with E-state index in [1.54, 1.807) is 0 Å². The molecule has 5 heteroatoms. The molecule has 0 aliphatic carbocycles. The monoisotopic (exact) mass is 233 g/mol. The number of rotatable bonds is 1. The average Bonchev–Trinajstić information content (AvgIpc) is 2.51. The van der Waals surface area contributed by atoms with E-state index >= 15 is 0 Å². The molecule has 1 heterocycles. The van der Waals surface area contributed by atoms with Crippen LogP contribution < -0.4 is 5.73 Å².